The van der Waals surface area contributed by atoms with E-state index >= 15 is 0 Å². The molecule has 1 aliphatic rings. The summed E-state index contributed by atoms with van der Waals surface area (Å²) in [7, 11) is -3.80. The summed E-state index contributed by atoms with van der Waals surface area (Å²) in [4.78, 5) is 0.0429. The van der Waals surface area contributed by atoms with Crippen LogP contribution in [0.5, 0.6) is 5.75 Å². The summed E-state index contributed by atoms with van der Waals surface area (Å²) in [5.41, 5.74) is 6.68. The molecule has 2 unspecified atom stereocenters. The van der Waals surface area contributed by atoms with Gasteiger partial charge in [0.1, 0.15) is 11.9 Å². The van der Waals surface area contributed by atoms with Gasteiger partial charge in [-0.2, -0.15) is 0 Å². The Labute approximate surface area is 126 Å². The fraction of sp³-hybridized carbons (Fsp3) is 0.600. The smallest absolute Gasteiger partial charge is 0.238 e. The van der Waals surface area contributed by atoms with Gasteiger partial charge in [0.25, 0.3) is 0 Å². The Hall–Kier alpha value is -1.27. The van der Waals surface area contributed by atoms with Crippen molar-refractivity contribution in [2.24, 2.45) is 11.1 Å². The second-order valence-corrected chi connectivity index (χ2v) is 7.33. The summed E-state index contributed by atoms with van der Waals surface area (Å²) in [6, 6.07) is 3.07. The van der Waals surface area contributed by atoms with Crippen molar-refractivity contribution in [1.82, 2.24) is 0 Å². The first-order valence-electron chi connectivity index (χ1n) is 7.42. The average Bonchev–Trinajstić information content (AvgIpc) is 2.42. The molecular weight excluding hydrogens is 288 g/mol. The van der Waals surface area contributed by atoms with Crippen molar-refractivity contribution >= 4 is 15.7 Å². The third-order valence-electron chi connectivity index (χ3n) is 4.28. The summed E-state index contributed by atoms with van der Waals surface area (Å²) in [5, 5.41) is 5.24. The van der Waals surface area contributed by atoms with Crippen molar-refractivity contribution < 1.29 is 13.2 Å². The number of sulfonamides is 1. The van der Waals surface area contributed by atoms with Gasteiger partial charge in [0.05, 0.1) is 4.90 Å². The van der Waals surface area contributed by atoms with E-state index in [1.54, 1.807) is 13.0 Å². The number of nitrogen functional groups attached to an aromatic ring is 1. The molecule has 1 aromatic carbocycles. The molecule has 1 aromatic rings. The van der Waals surface area contributed by atoms with Crippen LogP contribution in [0, 0.1) is 12.8 Å². The molecule has 2 atom stereocenters. The molecule has 5 nitrogen and oxygen atoms in total. The lowest BCUT2D eigenvalue weighted by atomic mass is 9.84. The Morgan fingerprint density at radius 3 is 2.57 bits per heavy atom. The Kier molecular flexibility index (Phi) is 4.78. The van der Waals surface area contributed by atoms with E-state index in [9.17, 15) is 8.42 Å². The molecule has 1 aliphatic carbocycles. The number of benzene rings is 1. The van der Waals surface area contributed by atoms with E-state index in [2.05, 4.69) is 6.92 Å². The van der Waals surface area contributed by atoms with Crippen LogP contribution in [0.15, 0.2) is 17.0 Å². The number of hydrogen-bond donors (Lipinski definition) is 2. The van der Waals surface area contributed by atoms with Gasteiger partial charge in [-0.3, -0.25) is 0 Å². The highest BCUT2D eigenvalue weighted by molar-refractivity contribution is 7.89. The molecule has 21 heavy (non-hydrogen) atoms. The van der Waals surface area contributed by atoms with Gasteiger partial charge in [0.15, 0.2) is 0 Å². The molecule has 0 heterocycles. The van der Waals surface area contributed by atoms with Gasteiger partial charge in [-0.25, -0.2) is 13.6 Å². The molecule has 1 fully saturated rings. The lowest BCUT2D eigenvalue weighted by Crippen LogP contribution is -2.30. The van der Waals surface area contributed by atoms with Gasteiger partial charge in [-0.05, 0) is 44.6 Å². The largest absolute Gasteiger partial charge is 0.490 e. The molecule has 0 bridgehead atoms. The fourth-order valence-electron chi connectivity index (χ4n) is 3.06. The SMILES string of the molecule is CCC1CCCCC1Oc1cc(N)cc(S(N)(=O)=O)c1C. The van der Waals surface area contributed by atoms with Crippen molar-refractivity contribution in [3.8, 4) is 5.75 Å². The molecule has 6 heteroatoms. The van der Waals surface area contributed by atoms with Crippen LogP contribution < -0.4 is 15.6 Å². The Bertz CT molecular complexity index is 614. The zero-order chi connectivity index (χ0) is 15.6. The summed E-state index contributed by atoms with van der Waals surface area (Å²) in [5.74, 6) is 1.04. The molecule has 0 radical (unpaired) electrons. The minimum Gasteiger partial charge on any atom is -0.490 e. The molecule has 1 saturated carbocycles. The lowest BCUT2D eigenvalue weighted by Gasteiger charge is -2.32. The summed E-state index contributed by atoms with van der Waals surface area (Å²) in [6.07, 6.45) is 5.72. The number of hydrogen-bond acceptors (Lipinski definition) is 4. The molecule has 0 aromatic heterocycles. The number of nitrogens with two attached hydrogens (primary N) is 2. The van der Waals surface area contributed by atoms with Crippen molar-refractivity contribution in [3.63, 3.8) is 0 Å². The predicted octanol–water partition coefficient (Wildman–Crippen LogP) is 2.57. The summed E-state index contributed by atoms with van der Waals surface area (Å²) < 4.78 is 29.4. The number of ether oxygens (including phenoxy) is 1. The van der Waals surface area contributed by atoms with Crippen LogP contribution >= 0.6 is 0 Å². The number of rotatable bonds is 4. The standard InChI is InChI=1S/C15H24N2O3S/c1-3-11-6-4-5-7-13(11)20-14-8-12(16)9-15(10(14)2)21(17,18)19/h8-9,11,13H,3-7,16H2,1-2H3,(H2,17,18,19). The maximum atomic E-state index is 11.6. The Morgan fingerprint density at radius 1 is 1.29 bits per heavy atom. The molecule has 0 amide bonds. The van der Waals surface area contributed by atoms with Crippen LogP contribution in [-0.4, -0.2) is 14.5 Å². The highest BCUT2D eigenvalue weighted by Crippen LogP contribution is 2.34. The van der Waals surface area contributed by atoms with Crippen LogP contribution in [0.1, 0.15) is 44.6 Å². The first kappa shape index (κ1) is 16.1. The van der Waals surface area contributed by atoms with Crippen molar-refractivity contribution in [2.75, 3.05) is 5.73 Å². The second kappa shape index (κ2) is 6.23. The van der Waals surface area contributed by atoms with E-state index in [1.807, 2.05) is 0 Å². The fourth-order valence-corrected chi connectivity index (χ4v) is 3.89. The van der Waals surface area contributed by atoms with Crippen LogP contribution in [0.2, 0.25) is 0 Å². The van der Waals surface area contributed by atoms with Crippen LogP contribution in [0.25, 0.3) is 0 Å². The molecule has 0 spiro atoms. The normalized spacial score (nSPS) is 23.0. The third-order valence-corrected chi connectivity index (χ3v) is 5.32. The van der Waals surface area contributed by atoms with Crippen molar-refractivity contribution in [3.05, 3.63) is 17.7 Å². The molecule has 2 rings (SSSR count). The maximum absolute atomic E-state index is 11.6. The highest BCUT2D eigenvalue weighted by atomic mass is 32.2. The predicted molar refractivity (Wildman–Crippen MR) is 83.6 cm³/mol. The van der Waals surface area contributed by atoms with E-state index in [0.717, 1.165) is 25.7 Å². The minimum atomic E-state index is -3.80. The summed E-state index contributed by atoms with van der Waals surface area (Å²) >= 11 is 0. The lowest BCUT2D eigenvalue weighted by molar-refractivity contribution is 0.0895. The average molecular weight is 312 g/mol. The Morgan fingerprint density at radius 2 is 1.95 bits per heavy atom. The van der Waals surface area contributed by atoms with Crippen LogP contribution in [-0.2, 0) is 10.0 Å². The van der Waals surface area contributed by atoms with Gasteiger partial charge >= 0.3 is 0 Å². The number of primary sulfonamides is 1. The van der Waals surface area contributed by atoms with E-state index in [-0.39, 0.29) is 11.0 Å². The first-order chi connectivity index (χ1) is 9.82. The topological polar surface area (TPSA) is 95.4 Å². The molecule has 0 aliphatic heterocycles. The zero-order valence-corrected chi connectivity index (χ0v) is 13.4. The summed E-state index contributed by atoms with van der Waals surface area (Å²) in [6.45, 7) is 3.87. The van der Waals surface area contributed by atoms with Gasteiger partial charge in [0.2, 0.25) is 10.0 Å². The van der Waals surface area contributed by atoms with Crippen LogP contribution in [0.3, 0.4) is 0 Å². The van der Waals surface area contributed by atoms with Gasteiger partial charge in [-0.15, -0.1) is 0 Å². The zero-order valence-electron chi connectivity index (χ0n) is 12.6. The quantitative estimate of drug-likeness (QED) is 0.835. The highest BCUT2D eigenvalue weighted by Gasteiger charge is 2.26. The molecular formula is C15H24N2O3S. The van der Waals surface area contributed by atoms with E-state index < -0.39 is 10.0 Å². The first-order valence-corrected chi connectivity index (χ1v) is 8.97. The van der Waals surface area contributed by atoms with Gasteiger partial charge in [0, 0.05) is 17.3 Å². The monoisotopic (exact) mass is 312 g/mol. The van der Waals surface area contributed by atoms with E-state index in [1.165, 1.54) is 12.5 Å². The number of anilines is 1. The molecule has 4 N–H and O–H groups in total. The van der Waals surface area contributed by atoms with Gasteiger partial charge < -0.3 is 10.5 Å². The van der Waals surface area contributed by atoms with Crippen molar-refractivity contribution in [2.45, 2.75) is 57.0 Å². The third kappa shape index (κ3) is 3.68. The minimum absolute atomic E-state index is 0.0429. The Balaban J connectivity index is 2.34. The van der Waals surface area contributed by atoms with Crippen LogP contribution in [0.4, 0.5) is 5.69 Å². The van der Waals surface area contributed by atoms with E-state index in [4.69, 9.17) is 15.6 Å². The van der Waals surface area contributed by atoms with Gasteiger partial charge in [-0.1, -0.05) is 13.3 Å². The molecule has 118 valence electrons. The van der Waals surface area contributed by atoms with Crippen molar-refractivity contribution in [1.29, 1.82) is 0 Å². The maximum Gasteiger partial charge on any atom is 0.238 e. The second-order valence-electron chi connectivity index (χ2n) is 5.80. The molecule has 0 saturated heterocycles. The van der Waals surface area contributed by atoms with E-state index in [0.29, 0.717) is 22.9 Å².